The van der Waals surface area contributed by atoms with Crippen LogP contribution in [0.25, 0.3) is 0 Å². The number of aryl methyl sites for hydroxylation is 1. The van der Waals surface area contributed by atoms with Crippen LogP contribution >= 0.6 is 11.3 Å². The monoisotopic (exact) mass is 344 g/mol. The molecule has 1 aliphatic heterocycles. The van der Waals surface area contributed by atoms with Crippen LogP contribution in [0.15, 0.2) is 47.2 Å². The highest BCUT2D eigenvalue weighted by atomic mass is 32.1. The summed E-state index contributed by atoms with van der Waals surface area (Å²) in [6.07, 6.45) is 1.47. The molecular formula is C19H24N2O2S. The number of hydrogen-bond acceptors (Lipinski definition) is 4. The summed E-state index contributed by atoms with van der Waals surface area (Å²) in [6.45, 7) is 5.12. The highest BCUT2D eigenvalue weighted by molar-refractivity contribution is 7.07. The Morgan fingerprint density at radius 2 is 1.88 bits per heavy atom. The summed E-state index contributed by atoms with van der Waals surface area (Å²) in [5, 5.41) is 4.19. The van der Waals surface area contributed by atoms with Gasteiger partial charge in [0.25, 0.3) is 0 Å². The van der Waals surface area contributed by atoms with Gasteiger partial charge in [0.2, 0.25) is 5.91 Å². The van der Waals surface area contributed by atoms with Crippen molar-refractivity contribution in [3.8, 4) is 5.75 Å². The number of rotatable bonds is 7. The molecular weight excluding hydrogens is 320 g/mol. The number of para-hydroxylation sites is 1. The Labute approximate surface area is 147 Å². The van der Waals surface area contributed by atoms with Crippen molar-refractivity contribution in [1.29, 1.82) is 0 Å². The van der Waals surface area contributed by atoms with Gasteiger partial charge in [0.05, 0.1) is 0 Å². The molecule has 1 saturated heterocycles. The van der Waals surface area contributed by atoms with Crippen LogP contribution in [0.2, 0.25) is 0 Å². The van der Waals surface area contributed by atoms with Gasteiger partial charge in [-0.1, -0.05) is 18.2 Å². The lowest BCUT2D eigenvalue weighted by molar-refractivity contribution is -0.132. The molecule has 2 heterocycles. The van der Waals surface area contributed by atoms with Crippen molar-refractivity contribution in [2.75, 3.05) is 39.3 Å². The summed E-state index contributed by atoms with van der Waals surface area (Å²) in [7, 11) is 0. The highest BCUT2D eigenvalue weighted by Crippen LogP contribution is 2.11. The van der Waals surface area contributed by atoms with E-state index >= 15 is 0 Å². The van der Waals surface area contributed by atoms with Crippen LogP contribution in [0.5, 0.6) is 5.75 Å². The number of ether oxygens (including phenoxy) is 1. The molecule has 0 N–H and O–H groups in total. The second kappa shape index (κ2) is 8.85. The molecule has 0 bridgehead atoms. The van der Waals surface area contributed by atoms with Gasteiger partial charge >= 0.3 is 0 Å². The van der Waals surface area contributed by atoms with E-state index in [0.717, 1.165) is 44.9 Å². The largest absolute Gasteiger partial charge is 0.492 e. The molecule has 0 radical (unpaired) electrons. The highest BCUT2D eigenvalue weighted by Gasteiger charge is 2.20. The van der Waals surface area contributed by atoms with Crippen molar-refractivity contribution >= 4 is 17.2 Å². The summed E-state index contributed by atoms with van der Waals surface area (Å²) < 4.78 is 5.74. The van der Waals surface area contributed by atoms with Crippen LogP contribution in [0.1, 0.15) is 12.0 Å². The summed E-state index contributed by atoms with van der Waals surface area (Å²) in [4.78, 5) is 16.7. The maximum atomic E-state index is 12.3. The molecule has 3 rings (SSSR count). The molecule has 128 valence electrons. The van der Waals surface area contributed by atoms with Crippen molar-refractivity contribution in [2.45, 2.75) is 12.8 Å². The minimum absolute atomic E-state index is 0.279. The molecule has 2 aromatic rings. The van der Waals surface area contributed by atoms with Gasteiger partial charge in [0, 0.05) is 39.1 Å². The molecule has 1 aliphatic rings. The fourth-order valence-corrected chi connectivity index (χ4v) is 3.58. The Bertz CT molecular complexity index is 608. The zero-order chi connectivity index (χ0) is 16.6. The Morgan fingerprint density at radius 3 is 2.58 bits per heavy atom. The predicted octanol–water partition coefficient (Wildman–Crippen LogP) is 2.90. The van der Waals surface area contributed by atoms with E-state index in [-0.39, 0.29) is 5.91 Å². The Morgan fingerprint density at radius 1 is 1.08 bits per heavy atom. The van der Waals surface area contributed by atoms with Gasteiger partial charge in [-0.25, -0.2) is 0 Å². The second-order valence-corrected chi connectivity index (χ2v) is 6.80. The SMILES string of the molecule is O=C(CCc1ccsc1)N1CCN(CCOc2ccccc2)CC1. The third-order valence-electron chi connectivity index (χ3n) is 4.35. The average molecular weight is 344 g/mol. The molecule has 4 nitrogen and oxygen atoms in total. The molecule has 1 aromatic carbocycles. The van der Waals surface area contributed by atoms with E-state index in [1.807, 2.05) is 35.2 Å². The zero-order valence-corrected chi connectivity index (χ0v) is 14.7. The molecule has 0 saturated carbocycles. The Hall–Kier alpha value is -1.85. The maximum absolute atomic E-state index is 12.3. The first kappa shape index (κ1) is 17.0. The van der Waals surface area contributed by atoms with Gasteiger partial charge in [-0.2, -0.15) is 11.3 Å². The molecule has 1 fully saturated rings. The van der Waals surface area contributed by atoms with Gasteiger partial charge in [-0.05, 0) is 40.9 Å². The molecule has 0 spiro atoms. The smallest absolute Gasteiger partial charge is 0.222 e. The third kappa shape index (κ3) is 5.08. The number of carbonyl (C=O) groups excluding carboxylic acids is 1. The van der Waals surface area contributed by atoms with E-state index in [1.54, 1.807) is 11.3 Å². The summed E-state index contributed by atoms with van der Waals surface area (Å²) in [5.74, 6) is 1.20. The van der Waals surface area contributed by atoms with E-state index in [0.29, 0.717) is 13.0 Å². The van der Waals surface area contributed by atoms with E-state index in [2.05, 4.69) is 21.7 Å². The zero-order valence-electron chi connectivity index (χ0n) is 13.9. The number of nitrogens with zero attached hydrogens (tertiary/aromatic N) is 2. The van der Waals surface area contributed by atoms with Crippen molar-refractivity contribution in [3.63, 3.8) is 0 Å². The quantitative estimate of drug-likeness (QED) is 0.774. The maximum Gasteiger partial charge on any atom is 0.222 e. The molecule has 5 heteroatoms. The van der Waals surface area contributed by atoms with E-state index in [9.17, 15) is 4.79 Å². The number of benzene rings is 1. The van der Waals surface area contributed by atoms with Gasteiger partial charge in [0.1, 0.15) is 12.4 Å². The molecule has 0 aliphatic carbocycles. The van der Waals surface area contributed by atoms with Gasteiger partial charge < -0.3 is 9.64 Å². The number of hydrogen-bond donors (Lipinski definition) is 0. The fraction of sp³-hybridized carbons (Fsp3) is 0.421. The lowest BCUT2D eigenvalue weighted by Crippen LogP contribution is -2.49. The fourth-order valence-electron chi connectivity index (χ4n) is 2.87. The van der Waals surface area contributed by atoms with Gasteiger partial charge in [-0.3, -0.25) is 9.69 Å². The molecule has 24 heavy (non-hydrogen) atoms. The average Bonchev–Trinajstić information content (AvgIpc) is 3.15. The van der Waals surface area contributed by atoms with Crippen molar-refractivity contribution in [1.82, 2.24) is 9.80 Å². The molecule has 1 amide bonds. The lowest BCUT2D eigenvalue weighted by atomic mass is 10.1. The van der Waals surface area contributed by atoms with Crippen molar-refractivity contribution in [3.05, 3.63) is 52.7 Å². The lowest BCUT2D eigenvalue weighted by Gasteiger charge is -2.34. The topological polar surface area (TPSA) is 32.8 Å². The minimum atomic E-state index is 0.279. The molecule has 1 aromatic heterocycles. The standard InChI is InChI=1S/C19H24N2O2S/c22-19(7-6-17-8-15-24-16-17)21-11-9-20(10-12-21)13-14-23-18-4-2-1-3-5-18/h1-5,8,15-16H,6-7,9-14H2. The molecule has 0 atom stereocenters. The Balaban J connectivity index is 1.32. The van der Waals surface area contributed by atoms with E-state index < -0.39 is 0 Å². The second-order valence-electron chi connectivity index (χ2n) is 6.02. The van der Waals surface area contributed by atoms with Gasteiger partial charge in [-0.15, -0.1) is 0 Å². The first-order chi connectivity index (χ1) is 11.8. The van der Waals surface area contributed by atoms with E-state index in [4.69, 9.17) is 4.74 Å². The van der Waals surface area contributed by atoms with Crippen LogP contribution in [0.3, 0.4) is 0 Å². The summed E-state index contributed by atoms with van der Waals surface area (Å²) >= 11 is 1.69. The van der Waals surface area contributed by atoms with Crippen molar-refractivity contribution < 1.29 is 9.53 Å². The number of amides is 1. The summed E-state index contributed by atoms with van der Waals surface area (Å²) in [6, 6.07) is 12.0. The first-order valence-electron chi connectivity index (χ1n) is 8.50. The minimum Gasteiger partial charge on any atom is -0.492 e. The van der Waals surface area contributed by atoms with E-state index in [1.165, 1.54) is 5.56 Å². The normalized spacial score (nSPS) is 15.4. The van der Waals surface area contributed by atoms with Crippen LogP contribution in [0.4, 0.5) is 0 Å². The van der Waals surface area contributed by atoms with Gasteiger partial charge in [0.15, 0.2) is 0 Å². The number of piperazine rings is 1. The molecule has 0 unspecified atom stereocenters. The van der Waals surface area contributed by atoms with Crippen molar-refractivity contribution in [2.24, 2.45) is 0 Å². The van der Waals surface area contributed by atoms with Crippen LogP contribution < -0.4 is 4.74 Å². The van der Waals surface area contributed by atoms with Crippen LogP contribution in [-0.4, -0.2) is 55.0 Å². The summed E-state index contributed by atoms with van der Waals surface area (Å²) in [5.41, 5.74) is 1.27. The first-order valence-corrected chi connectivity index (χ1v) is 9.44. The Kier molecular flexibility index (Phi) is 6.26. The number of carbonyl (C=O) groups is 1. The van der Waals surface area contributed by atoms with Crippen LogP contribution in [0, 0.1) is 0 Å². The predicted molar refractivity (Wildman–Crippen MR) is 97.6 cm³/mol. The number of thiophene rings is 1. The van der Waals surface area contributed by atoms with Crippen LogP contribution in [-0.2, 0) is 11.2 Å². The third-order valence-corrected chi connectivity index (χ3v) is 5.08.